The molecule has 0 amide bonds. The summed E-state index contributed by atoms with van der Waals surface area (Å²) in [4.78, 5) is 11.7. The number of fused-ring (bicyclic) bond motifs is 2. The van der Waals surface area contributed by atoms with Crippen molar-refractivity contribution in [3.05, 3.63) is 59.8 Å². The fraction of sp³-hybridized carbons (Fsp3) is 0.154. The Morgan fingerprint density at radius 1 is 1.07 bits per heavy atom. The molecule has 2 nitrogen and oxygen atoms in total. The molecule has 0 aromatic rings. The average molecular weight is 200 g/mol. The van der Waals surface area contributed by atoms with E-state index < -0.39 is 0 Å². The Kier molecular flexibility index (Phi) is 2.68. The predicted molar refractivity (Wildman–Crippen MR) is 59.1 cm³/mol. The van der Waals surface area contributed by atoms with E-state index in [2.05, 4.69) is 0 Å². The summed E-state index contributed by atoms with van der Waals surface area (Å²) in [7, 11) is 1.42. The quantitative estimate of drug-likeness (QED) is 0.607. The van der Waals surface area contributed by atoms with Gasteiger partial charge in [0.2, 0.25) is 0 Å². The Balaban J connectivity index is 2.49. The topological polar surface area (TPSA) is 26.3 Å². The Bertz CT molecular complexity index is 388. The molecule has 0 saturated carbocycles. The number of hydrogen-bond acceptors (Lipinski definition) is 2. The zero-order chi connectivity index (χ0) is 10.7. The van der Waals surface area contributed by atoms with Crippen LogP contribution < -0.4 is 0 Å². The molecule has 2 heteroatoms. The molecule has 0 fully saturated rings. The molecule has 0 saturated heterocycles. The Morgan fingerprint density at radius 3 is 2.07 bits per heavy atom. The highest BCUT2D eigenvalue weighted by Crippen LogP contribution is 2.28. The van der Waals surface area contributed by atoms with E-state index in [1.54, 1.807) is 0 Å². The molecule has 0 N–H and O–H groups in total. The van der Waals surface area contributed by atoms with Gasteiger partial charge in [0.25, 0.3) is 0 Å². The van der Waals surface area contributed by atoms with E-state index >= 15 is 0 Å². The summed E-state index contributed by atoms with van der Waals surface area (Å²) in [5.74, 6) is -0.507. The Hall–Kier alpha value is -1.83. The summed E-state index contributed by atoms with van der Waals surface area (Å²) in [6.45, 7) is 0. The Morgan fingerprint density at radius 2 is 1.60 bits per heavy atom. The van der Waals surface area contributed by atoms with Crippen LogP contribution >= 0.6 is 0 Å². The van der Waals surface area contributed by atoms with E-state index in [-0.39, 0.29) is 11.9 Å². The molecule has 0 aromatic carbocycles. The van der Waals surface area contributed by atoms with Gasteiger partial charge < -0.3 is 4.74 Å². The van der Waals surface area contributed by atoms with Crippen molar-refractivity contribution in [1.29, 1.82) is 0 Å². The van der Waals surface area contributed by atoms with Crippen molar-refractivity contribution < 1.29 is 9.53 Å². The molecule has 0 aliphatic heterocycles. The maximum atomic E-state index is 11.7. The summed E-state index contributed by atoms with van der Waals surface area (Å²) in [6, 6.07) is 0. The van der Waals surface area contributed by atoms with Gasteiger partial charge in [-0.25, -0.2) is 0 Å². The summed E-state index contributed by atoms with van der Waals surface area (Å²) < 4.78 is 4.82. The highest BCUT2D eigenvalue weighted by Gasteiger charge is 2.26. The van der Waals surface area contributed by atoms with Crippen molar-refractivity contribution in [2.24, 2.45) is 5.92 Å². The molecule has 0 aromatic heterocycles. The zero-order valence-electron chi connectivity index (χ0n) is 8.51. The lowest BCUT2D eigenvalue weighted by molar-refractivity contribution is -0.142. The van der Waals surface area contributed by atoms with Crippen LogP contribution in [-0.4, -0.2) is 13.1 Å². The zero-order valence-corrected chi connectivity index (χ0v) is 8.51. The average Bonchev–Trinajstić information content (AvgIpc) is 2.58. The van der Waals surface area contributed by atoms with E-state index in [4.69, 9.17) is 4.74 Å². The minimum Gasteiger partial charge on any atom is -0.468 e. The summed E-state index contributed by atoms with van der Waals surface area (Å²) in [5, 5.41) is 0. The molecule has 2 rings (SSSR count). The molecule has 0 spiro atoms. The van der Waals surface area contributed by atoms with Gasteiger partial charge in [-0.3, -0.25) is 4.79 Å². The number of hydrogen-bond donors (Lipinski definition) is 0. The number of ether oxygens (including phenoxy) is 1. The third kappa shape index (κ3) is 1.84. The number of methoxy groups -OCH3 is 1. The molecule has 2 bridgehead atoms. The normalized spacial score (nSPS) is 19.0. The third-order valence-electron chi connectivity index (χ3n) is 2.48. The van der Waals surface area contributed by atoms with Crippen molar-refractivity contribution in [2.75, 3.05) is 7.11 Å². The van der Waals surface area contributed by atoms with Gasteiger partial charge in [0.15, 0.2) is 0 Å². The van der Waals surface area contributed by atoms with Gasteiger partial charge in [-0.1, -0.05) is 48.6 Å². The van der Waals surface area contributed by atoms with Gasteiger partial charge in [-0.15, -0.1) is 0 Å². The number of carbonyl (C=O) groups is 1. The second kappa shape index (κ2) is 4.13. The van der Waals surface area contributed by atoms with E-state index in [1.165, 1.54) is 7.11 Å². The van der Waals surface area contributed by atoms with E-state index in [9.17, 15) is 4.79 Å². The molecular formula is C13H12O2. The van der Waals surface area contributed by atoms with Crippen molar-refractivity contribution >= 4 is 5.97 Å². The van der Waals surface area contributed by atoms with Gasteiger partial charge in [0, 0.05) is 0 Å². The molecule has 76 valence electrons. The van der Waals surface area contributed by atoms with Crippen LogP contribution in [0.3, 0.4) is 0 Å². The van der Waals surface area contributed by atoms with Crippen LogP contribution in [0.4, 0.5) is 0 Å². The molecule has 15 heavy (non-hydrogen) atoms. The van der Waals surface area contributed by atoms with Gasteiger partial charge in [-0.05, 0) is 11.1 Å². The first-order valence-corrected chi connectivity index (χ1v) is 4.84. The number of esters is 1. The van der Waals surface area contributed by atoms with Crippen LogP contribution in [0.1, 0.15) is 0 Å². The lowest BCUT2D eigenvalue weighted by Crippen LogP contribution is -2.18. The van der Waals surface area contributed by atoms with Crippen molar-refractivity contribution in [3.63, 3.8) is 0 Å². The predicted octanol–water partition coefficient (Wildman–Crippen LogP) is 2.32. The third-order valence-corrected chi connectivity index (χ3v) is 2.48. The molecular weight excluding hydrogens is 188 g/mol. The van der Waals surface area contributed by atoms with Gasteiger partial charge >= 0.3 is 5.97 Å². The monoisotopic (exact) mass is 200 g/mol. The Labute approximate surface area is 88.9 Å². The molecule has 2 aliphatic rings. The fourth-order valence-electron chi connectivity index (χ4n) is 1.75. The summed E-state index contributed by atoms with van der Waals surface area (Å²) in [5.41, 5.74) is 1.93. The maximum absolute atomic E-state index is 11.7. The van der Waals surface area contributed by atoms with Crippen molar-refractivity contribution in [2.45, 2.75) is 0 Å². The lowest BCUT2D eigenvalue weighted by atomic mass is 9.92. The van der Waals surface area contributed by atoms with Crippen molar-refractivity contribution in [1.82, 2.24) is 0 Å². The molecule has 0 unspecified atom stereocenters. The lowest BCUT2D eigenvalue weighted by Gasteiger charge is -2.14. The maximum Gasteiger partial charge on any atom is 0.317 e. The number of rotatable bonds is 1. The van der Waals surface area contributed by atoms with Crippen molar-refractivity contribution in [3.8, 4) is 0 Å². The van der Waals surface area contributed by atoms with Crippen LogP contribution in [-0.2, 0) is 9.53 Å². The van der Waals surface area contributed by atoms with Crippen LogP contribution in [0.25, 0.3) is 0 Å². The summed E-state index contributed by atoms with van der Waals surface area (Å²) in [6.07, 6.45) is 15.5. The molecule has 0 heterocycles. The second-order valence-electron chi connectivity index (χ2n) is 3.39. The first kappa shape index (κ1) is 9.71. The smallest absolute Gasteiger partial charge is 0.317 e. The molecule has 0 atom stereocenters. The highest BCUT2D eigenvalue weighted by atomic mass is 16.5. The van der Waals surface area contributed by atoms with Gasteiger partial charge in [0.1, 0.15) is 5.92 Å². The van der Waals surface area contributed by atoms with E-state index in [0.29, 0.717) is 0 Å². The minimum atomic E-state index is -0.292. The first-order chi connectivity index (χ1) is 7.33. The summed E-state index contributed by atoms with van der Waals surface area (Å²) >= 11 is 0. The SMILES string of the molecule is COC(=O)C1C2=CC=CC=C1C=CC=C2. The van der Waals surface area contributed by atoms with Gasteiger partial charge in [0.05, 0.1) is 7.11 Å². The largest absolute Gasteiger partial charge is 0.468 e. The highest BCUT2D eigenvalue weighted by molar-refractivity contribution is 5.82. The first-order valence-electron chi connectivity index (χ1n) is 4.84. The number of carbonyl (C=O) groups excluding carboxylic acids is 1. The van der Waals surface area contributed by atoms with E-state index in [1.807, 2.05) is 48.6 Å². The number of allylic oxidation sites excluding steroid dienone is 8. The van der Waals surface area contributed by atoms with E-state index in [0.717, 1.165) is 11.1 Å². The standard InChI is InChI=1S/C13H12O2/c1-15-13(14)12-10-6-2-3-7-11(12)9-5-4-8-10/h2-9,12H,1H3. The van der Waals surface area contributed by atoms with Gasteiger partial charge in [-0.2, -0.15) is 0 Å². The van der Waals surface area contributed by atoms with Crippen LogP contribution in [0.15, 0.2) is 59.8 Å². The second-order valence-corrected chi connectivity index (χ2v) is 3.39. The van der Waals surface area contributed by atoms with Crippen LogP contribution in [0.5, 0.6) is 0 Å². The van der Waals surface area contributed by atoms with Crippen LogP contribution in [0, 0.1) is 5.92 Å². The minimum absolute atomic E-state index is 0.215. The van der Waals surface area contributed by atoms with Crippen LogP contribution in [0.2, 0.25) is 0 Å². The fourth-order valence-corrected chi connectivity index (χ4v) is 1.75. The molecule has 2 aliphatic carbocycles. The molecule has 0 radical (unpaired) electrons.